The maximum atomic E-state index is 6.03. The van der Waals surface area contributed by atoms with Crippen molar-refractivity contribution in [2.45, 2.75) is 19.5 Å². The highest BCUT2D eigenvalue weighted by atomic mass is 79.9. The van der Waals surface area contributed by atoms with Crippen molar-refractivity contribution >= 4 is 27.5 Å². The Balaban J connectivity index is 1.69. The van der Waals surface area contributed by atoms with E-state index in [1.807, 2.05) is 30.3 Å². The molecule has 1 aliphatic heterocycles. The quantitative estimate of drug-likeness (QED) is 0.850. The van der Waals surface area contributed by atoms with Crippen LogP contribution in [0.3, 0.4) is 0 Å². The van der Waals surface area contributed by atoms with Crippen LogP contribution in [-0.2, 0) is 6.54 Å². The fourth-order valence-corrected chi connectivity index (χ4v) is 3.09. The van der Waals surface area contributed by atoms with Crippen molar-refractivity contribution in [3.8, 4) is 11.5 Å². The maximum absolute atomic E-state index is 6.03. The summed E-state index contributed by atoms with van der Waals surface area (Å²) in [6.45, 7) is 3.14. The van der Waals surface area contributed by atoms with Crippen LogP contribution >= 0.6 is 27.5 Å². The largest absolute Gasteiger partial charge is 0.454 e. The Morgan fingerprint density at radius 3 is 2.95 bits per heavy atom. The average molecular weight is 369 g/mol. The Kier molecular flexibility index (Phi) is 4.38. The Hall–Kier alpha value is -1.23. The summed E-state index contributed by atoms with van der Waals surface area (Å²) in [6, 6.07) is 12.2. The van der Waals surface area contributed by atoms with Crippen LogP contribution in [0.5, 0.6) is 11.5 Å². The van der Waals surface area contributed by atoms with Crippen LogP contribution in [0.1, 0.15) is 24.1 Å². The zero-order chi connectivity index (χ0) is 14.8. The van der Waals surface area contributed by atoms with Crippen molar-refractivity contribution in [1.82, 2.24) is 5.32 Å². The molecule has 0 saturated heterocycles. The molecule has 0 aromatic heterocycles. The molecule has 0 radical (unpaired) electrons. The normalized spacial score (nSPS) is 14.2. The van der Waals surface area contributed by atoms with Gasteiger partial charge in [-0.3, -0.25) is 0 Å². The van der Waals surface area contributed by atoms with Gasteiger partial charge in [0.25, 0.3) is 0 Å². The summed E-state index contributed by atoms with van der Waals surface area (Å²) in [7, 11) is 0. The molecular formula is C16H15BrClNO2. The standard InChI is InChI=1S/C16H15BrClNO2/c1-10(12-3-2-4-13(18)7-12)19-8-11-5-14(17)16-15(6-11)20-9-21-16/h2-7,10,19H,8-9H2,1H3/t10-/m0/s1. The van der Waals surface area contributed by atoms with Gasteiger partial charge in [0.05, 0.1) is 4.47 Å². The summed E-state index contributed by atoms with van der Waals surface area (Å²) in [6.07, 6.45) is 0. The molecule has 2 aromatic carbocycles. The van der Waals surface area contributed by atoms with Gasteiger partial charge in [0.15, 0.2) is 11.5 Å². The van der Waals surface area contributed by atoms with E-state index in [0.29, 0.717) is 0 Å². The second-order valence-electron chi connectivity index (χ2n) is 4.97. The van der Waals surface area contributed by atoms with E-state index in [4.69, 9.17) is 21.1 Å². The van der Waals surface area contributed by atoms with Gasteiger partial charge in [-0.2, -0.15) is 0 Å². The summed E-state index contributed by atoms with van der Waals surface area (Å²) in [5, 5.41) is 4.24. The van der Waals surface area contributed by atoms with Crippen LogP contribution in [0.4, 0.5) is 0 Å². The van der Waals surface area contributed by atoms with Crippen molar-refractivity contribution in [3.05, 3.63) is 57.0 Å². The van der Waals surface area contributed by atoms with E-state index < -0.39 is 0 Å². The van der Waals surface area contributed by atoms with E-state index in [0.717, 1.165) is 33.1 Å². The lowest BCUT2D eigenvalue weighted by atomic mass is 10.1. The lowest BCUT2D eigenvalue weighted by Gasteiger charge is -2.15. The number of hydrogen-bond acceptors (Lipinski definition) is 3. The van der Waals surface area contributed by atoms with Gasteiger partial charge in [0.2, 0.25) is 6.79 Å². The van der Waals surface area contributed by atoms with E-state index >= 15 is 0 Å². The molecule has 1 heterocycles. The Morgan fingerprint density at radius 1 is 1.29 bits per heavy atom. The van der Waals surface area contributed by atoms with Crippen LogP contribution in [0.2, 0.25) is 5.02 Å². The van der Waals surface area contributed by atoms with Gasteiger partial charge in [-0.1, -0.05) is 23.7 Å². The number of fused-ring (bicyclic) bond motifs is 1. The SMILES string of the molecule is C[C@H](NCc1cc(Br)c2c(c1)OCO2)c1cccc(Cl)c1. The molecule has 1 aliphatic rings. The van der Waals surface area contributed by atoms with Crippen LogP contribution in [0.15, 0.2) is 40.9 Å². The summed E-state index contributed by atoms with van der Waals surface area (Å²) in [4.78, 5) is 0. The van der Waals surface area contributed by atoms with Crippen molar-refractivity contribution in [3.63, 3.8) is 0 Å². The van der Waals surface area contributed by atoms with Gasteiger partial charge in [0, 0.05) is 17.6 Å². The molecule has 3 rings (SSSR count). The van der Waals surface area contributed by atoms with Gasteiger partial charge < -0.3 is 14.8 Å². The van der Waals surface area contributed by atoms with Crippen molar-refractivity contribution in [1.29, 1.82) is 0 Å². The second-order valence-corrected chi connectivity index (χ2v) is 6.26. The first-order valence-corrected chi connectivity index (χ1v) is 7.87. The lowest BCUT2D eigenvalue weighted by molar-refractivity contribution is 0.173. The molecule has 1 atom stereocenters. The lowest BCUT2D eigenvalue weighted by Crippen LogP contribution is -2.18. The van der Waals surface area contributed by atoms with Gasteiger partial charge >= 0.3 is 0 Å². The molecule has 21 heavy (non-hydrogen) atoms. The van der Waals surface area contributed by atoms with Gasteiger partial charge in [-0.15, -0.1) is 0 Å². The molecule has 0 aliphatic carbocycles. The van der Waals surface area contributed by atoms with Crippen LogP contribution in [0.25, 0.3) is 0 Å². The first-order valence-electron chi connectivity index (χ1n) is 6.70. The second kappa shape index (κ2) is 6.26. The topological polar surface area (TPSA) is 30.5 Å². The Morgan fingerprint density at radius 2 is 2.14 bits per heavy atom. The van der Waals surface area contributed by atoms with Crippen molar-refractivity contribution < 1.29 is 9.47 Å². The first-order chi connectivity index (χ1) is 10.1. The summed E-state index contributed by atoms with van der Waals surface area (Å²) in [5.41, 5.74) is 2.31. The molecule has 0 unspecified atom stereocenters. The molecule has 5 heteroatoms. The highest BCUT2D eigenvalue weighted by molar-refractivity contribution is 9.10. The summed E-state index contributed by atoms with van der Waals surface area (Å²) >= 11 is 9.54. The molecular weight excluding hydrogens is 354 g/mol. The number of hydrogen-bond donors (Lipinski definition) is 1. The minimum Gasteiger partial charge on any atom is -0.454 e. The third kappa shape index (κ3) is 3.34. The zero-order valence-corrected chi connectivity index (χ0v) is 13.9. The van der Waals surface area contributed by atoms with Gasteiger partial charge in [0.1, 0.15) is 0 Å². The highest BCUT2D eigenvalue weighted by Crippen LogP contribution is 2.40. The monoisotopic (exact) mass is 367 g/mol. The predicted octanol–water partition coefficient (Wildman–Crippen LogP) is 4.68. The van der Waals surface area contributed by atoms with E-state index in [1.54, 1.807) is 0 Å². The number of benzene rings is 2. The number of halogens is 2. The molecule has 0 amide bonds. The third-order valence-corrected chi connectivity index (χ3v) is 4.27. The van der Waals surface area contributed by atoms with Crippen LogP contribution in [0, 0.1) is 0 Å². The fourth-order valence-electron chi connectivity index (χ4n) is 2.29. The average Bonchev–Trinajstić information content (AvgIpc) is 2.93. The fraction of sp³-hybridized carbons (Fsp3) is 0.250. The molecule has 0 spiro atoms. The van der Waals surface area contributed by atoms with E-state index in [-0.39, 0.29) is 12.8 Å². The Labute approximate surface area is 137 Å². The zero-order valence-electron chi connectivity index (χ0n) is 11.5. The smallest absolute Gasteiger partial charge is 0.231 e. The molecule has 3 nitrogen and oxygen atoms in total. The molecule has 1 N–H and O–H groups in total. The summed E-state index contributed by atoms with van der Waals surface area (Å²) < 4.78 is 11.7. The van der Waals surface area contributed by atoms with Gasteiger partial charge in [-0.05, 0) is 58.2 Å². The summed E-state index contributed by atoms with van der Waals surface area (Å²) in [5.74, 6) is 1.57. The van der Waals surface area contributed by atoms with E-state index in [9.17, 15) is 0 Å². The highest BCUT2D eigenvalue weighted by Gasteiger charge is 2.18. The molecule has 0 fully saturated rings. The number of rotatable bonds is 4. The van der Waals surface area contributed by atoms with E-state index in [2.05, 4.69) is 34.2 Å². The van der Waals surface area contributed by atoms with Crippen molar-refractivity contribution in [2.75, 3.05) is 6.79 Å². The minimum absolute atomic E-state index is 0.216. The third-order valence-electron chi connectivity index (χ3n) is 3.45. The molecule has 0 saturated carbocycles. The number of ether oxygens (including phenoxy) is 2. The minimum atomic E-state index is 0.216. The predicted molar refractivity (Wildman–Crippen MR) is 87.0 cm³/mol. The molecule has 110 valence electrons. The Bertz CT molecular complexity index is 663. The number of nitrogens with one attached hydrogen (secondary N) is 1. The molecule has 0 bridgehead atoms. The molecule has 2 aromatic rings. The van der Waals surface area contributed by atoms with E-state index in [1.165, 1.54) is 5.56 Å². The maximum Gasteiger partial charge on any atom is 0.231 e. The van der Waals surface area contributed by atoms with Crippen molar-refractivity contribution in [2.24, 2.45) is 0 Å². The first kappa shape index (κ1) is 14.7. The van der Waals surface area contributed by atoms with Crippen LogP contribution < -0.4 is 14.8 Å². The van der Waals surface area contributed by atoms with Crippen LogP contribution in [-0.4, -0.2) is 6.79 Å². The van der Waals surface area contributed by atoms with Gasteiger partial charge in [-0.25, -0.2) is 0 Å².